The highest BCUT2D eigenvalue weighted by Crippen LogP contribution is 2.42. The number of allylic oxidation sites excluding steroid dienone is 2. The molecule has 0 amide bonds. The van der Waals surface area contributed by atoms with Crippen LogP contribution in [0.25, 0.3) is 5.57 Å². The van der Waals surface area contributed by atoms with Crippen molar-refractivity contribution in [1.82, 2.24) is 0 Å². The monoisotopic (exact) mass is 258 g/mol. The quantitative estimate of drug-likeness (QED) is 0.812. The van der Waals surface area contributed by atoms with Gasteiger partial charge in [-0.3, -0.25) is 0 Å². The van der Waals surface area contributed by atoms with Crippen LogP contribution in [0.5, 0.6) is 0 Å². The van der Waals surface area contributed by atoms with Gasteiger partial charge in [0, 0.05) is 5.41 Å². The lowest BCUT2D eigenvalue weighted by Crippen LogP contribution is -2.61. The van der Waals surface area contributed by atoms with Crippen molar-refractivity contribution in [3.05, 3.63) is 54.1 Å². The Labute approximate surface area is 117 Å². The minimum absolute atomic E-state index is 0. The molecule has 0 aliphatic heterocycles. The second-order valence-electron chi connectivity index (χ2n) is 5.10. The van der Waals surface area contributed by atoms with Gasteiger partial charge in [-0.15, -0.1) is 0 Å². The van der Waals surface area contributed by atoms with Gasteiger partial charge in [0.25, 0.3) is 0 Å². The smallest absolute Gasteiger partial charge is 0.0924 e. The molecular weight excluding hydrogens is 232 g/mol. The number of hydrogen-bond acceptors (Lipinski definition) is 2. The zero-order valence-electron chi connectivity index (χ0n) is 11.2. The number of rotatable bonds is 3. The SMILES string of the molecule is C.CCC1(CC)C=C(c2ccccc2)C=CC1(N)N. The lowest BCUT2D eigenvalue weighted by molar-refractivity contribution is 0.214. The molecule has 0 radical (unpaired) electrons. The summed E-state index contributed by atoms with van der Waals surface area (Å²) in [6, 6.07) is 10.4. The summed E-state index contributed by atoms with van der Waals surface area (Å²) in [7, 11) is 0. The summed E-state index contributed by atoms with van der Waals surface area (Å²) >= 11 is 0. The van der Waals surface area contributed by atoms with Crippen molar-refractivity contribution in [2.75, 3.05) is 0 Å². The van der Waals surface area contributed by atoms with E-state index in [1.807, 2.05) is 18.2 Å². The number of benzene rings is 1. The second kappa shape index (κ2) is 5.72. The van der Waals surface area contributed by atoms with Crippen LogP contribution in [-0.2, 0) is 0 Å². The lowest BCUT2D eigenvalue weighted by Gasteiger charge is -2.44. The van der Waals surface area contributed by atoms with Crippen LogP contribution in [0.2, 0.25) is 0 Å². The van der Waals surface area contributed by atoms with Gasteiger partial charge in [-0.05, 0) is 30.1 Å². The van der Waals surface area contributed by atoms with Crippen LogP contribution in [0.15, 0.2) is 48.6 Å². The Bertz CT molecular complexity index is 465. The molecule has 0 spiro atoms. The molecule has 104 valence electrons. The highest BCUT2D eigenvalue weighted by atomic mass is 15.0. The van der Waals surface area contributed by atoms with Crippen LogP contribution in [0.1, 0.15) is 39.7 Å². The van der Waals surface area contributed by atoms with Crippen molar-refractivity contribution < 1.29 is 0 Å². The number of nitrogens with two attached hydrogens (primary N) is 2. The molecule has 1 aromatic carbocycles. The molecule has 0 heterocycles. The fourth-order valence-electron chi connectivity index (χ4n) is 2.74. The van der Waals surface area contributed by atoms with Crippen LogP contribution in [0.3, 0.4) is 0 Å². The molecule has 1 aliphatic carbocycles. The molecule has 2 nitrogen and oxygen atoms in total. The molecule has 2 rings (SSSR count). The fraction of sp³-hybridized carbons (Fsp3) is 0.412. The molecule has 4 N–H and O–H groups in total. The number of hydrogen-bond donors (Lipinski definition) is 2. The van der Waals surface area contributed by atoms with Crippen molar-refractivity contribution >= 4 is 5.57 Å². The minimum atomic E-state index is -0.755. The van der Waals surface area contributed by atoms with E-state index in [-0.39, 0.29) is 12.8 Å². The second-order valence-corrected chi connectivity index (χ2v) is 5.10. The maximum Gasteiger partial charge on any atom is 0.0924 e. The van der Waals surface area contributed by atoms with Gasteiger partial charge in [-0.2, -0.15) is 0 Å². The average Bonchev–Trinajstić information content (AvgIpc) is 2.40. The largest absolute Gasteiger partial charge is 0.309 e. The zero-order valence-corrected chi connectivity index (χ0v) is 11.2. The van der Waals surface area contributed by atoms with Gasteiger partial charge >= 0.3 is 0 Å². The maximum atomic E-state index is 6.26. The Balaban J connectivity index is 0.00000180. The topological polar surface area (TPSA) is 52.0 Å². The molecule has 0 bridgehead atoms. The summed E-state index contributed by atoms with van der Waals surface area (Å²) in [5.74, 6) is 0. The fourth-order valence-corrected chi connectivity index (χ4v) is 2.74. The molecule has 2 heteroatoms. The summed E-state index contributed by atoms with van der Waals surface area (Å²) in [6.07, 6.45) is 8.12. The third-order valence-electron chi connectivity index (χ3n) is 4.20. The molecule has 0 atom stereocenters. The molecule has 19 heavy (non-hydrogen) atoms. The van der Waals surface area contributed by atoms with E-state index >= 15 is 0 Å². The zero-order chi connectivity index (χ0) is 13.2. The van der Waals surface area contributed by atoms with E-state index in [0.717, 1.165) is 12.8 Å². The third-order valence-corrected chi connectivity index (χ3v) is 4.20. The van der Waals surface area contributed by atoms with E-state index < -0.39 is 5.66 Å². The van der Waals surface area contributed by atoms with Crippen molar-refractivity contribution in [2.24, 2.45) is 16.9 Å². The van der Waals surface area contributed by atoms with Gasteiger partial charge in [-0.25, -0.2) is 0 Å². The summed E-state index contributed by atoms with van der Waals surface area (Å²) in [5, 5.41) is 0. The first-order valence-corrected chi connectivity index (χ1v) is 6.60. The highest BCUT2D eigenvalue weighted by molar-refractivity contribution is 5.76. The van der Waals surface area contributed by atoms with E-state index in [1.165, 1.54) is 11.1 Å². The summed E-state index contributed by atoms with van der Waals surface area (Å²) in [5.41, 5.74) is 14.0. The van der Waals surface area contributed by atoms with E-state index in [9.17, 15) is 0 Å². The van der Waals surface area contributed by atoms with Crippen molar-refractivity contribution in [3.8, 4) is 0 Å². The van der Waals surface area contributed by atoms with Crippen LogP contribution in [0, 0.1) is 5.41 Å². The predicted molar refractivity (Wildman–Crippen MR) is 84.4 cm³/mol. The molecule has 1 aliphatic rings. The first-order valence-electron chi connectivity index (χ1n) is 6.60. The van der Waals surface area contributed by atoms with Gasteiger partial charge in [-0.1, -0.05) is 63.8 Å². The van der Waals surface area contributed by atoms with E-state index in [4.69, 9.17) is 11.5 Å². The van der Waals surface area contributed by atoms with Crippen molar-refractivity contribution in [2.45, 2.75) is 39.8 Å². The van der Waals surface area contributed by atoms with Gasteiger partial charge < -0.3 is 11.5 Å². The van der Waals surface area contributed by atoms with Crippen LogP contribution in [-0.4, -0.2) is 5.66 Å². The molecule has 0 unspecified atom stereocenters. The van der Waals surface area contributed by atoms with Crippen LogP contribution >= 0.6 is 0 Å². The summed E-state index contributed by atoms with van der Waals surface area (Å²) in [4.78, 5) is 0. The normalized spacial score (nSPS) is 19.5. The Morgan fingerprint density at radius 2 is 1.58 bits per heavy atom. The first-order chi connectivity index (χ1) is 8.54. The van der Waals surface area contributed by atoms with Gasteiger partial charge in [0.2, 0.25) is 0 Å². The van der Waals surface area contributed by atoms with E-state index in [0.29, 0.717) is 0 Å². The van der Waals surface area contributed by atoms with Gasteiger partial charge in [0.15, 0.2) is 0 Å². The van der Waals surface area contributed by atoms with Gasteiger partial charge in [0.05, 0.1) is 5.66 Å². The van der Waals surface area contributed by atoms with Crippen molar-refractivity contribution in [1.29, 1.82) is 0 Å². The van der Waals surface area contributed by atoms with E-state index in [2.05, 4.69) is 44.2 Å². The average molecular weight is 258 g/mol. The van der Waals surface area contributed by atoms with Gasteiger partial charge in [0.1, 0.15) is 0 Å². The first kappa shape index (κ1) is 15.7. The van der Waals surface area contributed by atoms with E-state index in [1.54, 1.807) is 0 Å². The standard InChI is InChI=1S/C16H22N2.CH4/c1-3-15(4-2)12-14(10-11-16(15,17)18)13-8-6-5-7-9-13;/h5-12H,3-4,17-18H2,1-2H3;1H4. The van der Waals surface area contributed by atoms with Crippen molar-refractivity contribution in [3.63, 3.8) is 0 Å². The molecule has 0 saturated carbocycles. The lowest BCUT2D eigenvalue weighted by atomic mass is 9.67. The summed E-state index contributed by atoms with van der Waals surface area (Å²) in [6.45, 7) is 4.30. The molecule has 1 aromatic rings. The maximum absolute atomic E-state index is 6.26. The predicted octanol–water partition coefficient (Wildman–Crippen LogP) is 3.70. The Kier molecular flexibility index (Phi) is 4.72. The minimum Gasteiger partial charge on any atom is -0.309 e. The van der Waals surface area contributed by atoms with Crippen LogP contribution < -0.4 is 11.5 Å². The molecular formula is C17H26N2. The molecule has 0 saturated heterocycles. The highest BCUT2D eigenvalue weighted by Gasteiger charge is 2.42. The van der Waals surface area contributed by atoms with Crippen LogP contribution in [0.4, 0.5) is 0 Å². The summed E-state index contributed by atoms with van der Waals surface area (Å²) < 4.78 is 0. The Morgan fingerprint density at radius 1 is 1.00 bits per heavy atom. The Morgan fingerprint density at radius 3 is 2.11 bits per heavy atom. The molecule has 0 fully saturated rings. The Hall–Kier alpha value is -1.38. The third kappa shape index (κ3) is 2.65. The molecule has 0 aromatic heterocycles.